The molecule has 0 saturated carbocycles. The minimum absolute atomic E-state index is 0.253. The molecule has 0 atom stereocenters. The summed E-state index contributed by atoms with van der Waals surface area (Å²) in [7, 11) is -3.19. The summed E-state index contributed by atoms with van der Waals surface area (Å²) in [6, 6.07) is 6.37. The van der Waals surface area contributed by atoms with Crippen LogP contribution in [0.2, 0.25) is 0 Å². The first-order valence-electron chi connectivity index (χ1n) is 7.67. The quantitative estimate of drug-likeness (QED) is 0.888. The Morgan fingerprint density at radius 2 is 2.17 bits per heavy atom. The highest BCUT2D eigenvalue weighted by Crippen LogP contribution is 2.20. The molecule has 1 N–H and O–H groups in total. The van der Waals surface area contributed by atoms with Gasteiger partial charge in [-0.05, 0) is 31.5 Å². The Hall–Kier alpha value is -1.22. The van der Waals surface area contributed by atoms with Crippen LogP contribution >= 0.6 is 11.3 Å². The van der Waals surface area contributed by atoms with Crippen LogP contribution in [0.3, 0.4) is 0 Å². The molecule has 3 heterocycles. The lowest BCUT2D eigenvalue weighted by atomic mass is 10.3. The first kappa shape index (κ1) is 16.6. The first-order chi connectivity index (χ1) is 10.9. The largest absolute Gasteiger partial charge is 0.292 e. The second-order valence-corrected chi connectivity index (χ2v) is 9.23. The van der Waals surface area contributed by atoms with E-state index in [0.717, 1.165) is 44.0 Å². The number of hydrogen-bond acceptors (Lipinski definition) is 5. The van der Waals surface area contributed by atoms with Crippen molar-refractivity contribution in [2.45, 2.75) is 39.5 Å². The van der Waals surface area contributed by atoms with Crippen LogP contribution in [-0.2, 0) is 36.2 Å². The van der Waals surface area contributed by atoms with Crippen molar-refractivity contribution in [1.29, 1.82) is 0 Å². The maximum atomic E-state index is 11.2. The van der Waals surface area contributed by atoms with Gasteiger partial charge in [0.25, 0.3) is 0 Å². The molecule has 0 saturated heterocycles. The second kappa shape index (κ2) is 6.72. The molecule has 0 fully saturated rings. The van der Waals surface area contributed by atoms with Crippen molar-refractivity contribution >= 4 is 21.4 Å². The van der Waals surface area contributed by atoms with Crippen molar-refractivity contribution in [3.05, 3.63) is 39.3 Å². The predicted molar refractivity (Wildman–Crippen MR) is 91.7 cm³/mol. The molecule has 23 heavy (non-hydrogen) atoms. The molecule has 1 aliphatic rings. The number of sulfonamides is 1. The van der Waals surface area contributed by atoms with Crippen LogP contribution in [0.25, 0.3) is 0 Å². The third kappa shape index (κ3) is 4.63. The normalized spacial score (nSPS) is 16.3. The lowest BCUT2D eigenvalue weighted by Gasteiger charge is -2.18. The Kier molecular flexibility index (Phi) is 4.86. The molecule has 2 aromatic rings. The van der Waals surface area contributed by atoms with E-state index in [4.69, 9.17) is 0 Å². The summed E-state index contributed by atoms with van der Waals surface area (Å²) in [4.78, 5) is 5.16. The maximum absolute atomic E-state index is 11.2. The fourth-order valence-electron chi connectivity index (χ4n) is 2.80. The smallest absolute Gasteiger partial charge is 0.209 e. The van der Waals surface area contributed by atoms with Gasteiger partial charge in [0.15, 0.2) is 0 Å². The van der Waals surface area contributed by atoms with E-state index in [-0.39, 0.29) is 6.54 Å². The van der Waals surface area contributed by atoms with Crippen LogP contribution in [0.5, 0.6) is 0 Å². The minimum Gasteiger partial charge on any atom is -0.292 e. The number of nitrogens with one attached hydrogen (secondary N) is 1. The van der Waals surface area contributed by atoms with Gasteiger partial charge in [-0.3, -0.25) is 9.58 Å². The summed E-state index contributed by atoms with van der Waals surface area (Å²) in [5.41, 5.74) is 1.93. The molecule has 0 aromatic carbocycles. The van der Waals surface area contributed by atoms with Gasteiger partial charge in [-0.2, -0.15) is 5.10 Å². The Labute approximate surface area is 141 Å². The third-order valence-electron chi connectivity index (χ3n) is 3.83. The van der Waals surface area contributed by atoms with Crippen LogP contribution in [-0.4, -0.2) is 35.9 Å². The van der Waals surface area contributed by atoms with Crippen molar-refractivity contribution in [3.8, 4) is 0 Å². The fraction of sp³-hybridized carbons (Fsp3) is 0.533. The molecule has 0 unspecified atom stereocenters. The topological polar surface area (TPSA) is 67.2 Å². The van der Waals surface area contributed by atoms with E-state index in [1.165, 1.54) is 16.0 Å². The van der Waals surface area contributed by atoms with Crippen LogP contribution < -0.4 is 4.72 Å². The monoisotopic (exact) mass is 354 g/mol. The van der Waals surface area contributed by atoms with Crippen molar-refractivity contribution in [2.24, 2.45) is 0 Å². The van der Waals surface area contributed by atoms with Crippen LogP contribution in [0.4, 0.5) is 0 Å². The summed E-state index contributed by atoms with van der Waals surface area (Å²) in [6.45, 7) is 6.13. The Bertz CT molecular complexity index is 779. The zero-order chi connectivity index (χ0) is 16.4. The van der Waals surface area contributed by atoms with Crippen molar-refractivity contribution < 1.29 is 8.42 Å². The molecule has 0 amide bonds. The standard InChI is InChI=1S/C15H22N4O2S2/c1-12-4-5-15(22-12)11-18-6-3-7-19-14(10-18)8-13(17-19)9-16-23(2,20)21/h4-5,8,16H,3,6-7,9-11H2,1-2H3. The number of aryl methyl sites for hydroxylation is 2. The summed E-state index contributed by atoms with van der Waals surface area (Å²) < 4.78 is 26.9. The van der Waals surface area contributed by atoms with Gasteiger partial charge in [0.05, 0.1) is 24.2 Å². The summed E-state index contributed by atoms with van der Waals surface area (Å²) >= 11 is 1.84. The van der Waals surface area contributed by atoms with Gasteiger partial charge in [-0.1, -0.05) is 0 Å². The van der Waals surface area contributed by atoms with Crippen molar-refractivity contribution in [1.82, 2.24) is 19.4 Å². The molecule has 126 valence electrons. The molecule has 0 bridgehead atoms. The minimum atomic E-state index is -3.19. The Balaban J connectivity index is 1.68. The summed E-state index contributed by atoms with van der Waals surface area (Å²) in [6.07, 6.45) is 2.22. The van der Waals surface area contributed by atoms with Crippen LogP contribution in [0.15, 0.2) is 18.2 Å². The van der Waals surface area contributed by atoms with E-state index in [1.807, 2.05) is 22.1 Å². The Morgan fingerprint density at radius 1 is 1.35 bits per heavy atom. The highest BCUT2D eigenvalue weighted by atomic mass is 32.2. The molecular formula is C15H22N4O2S2. The average Bonchev–Trinajstić information content (AvgIpc) is 2.98. The highest BCUT2D eigenvalue weighted by Gasteiger charge is 2.17. The molecular weight excluding hydrogens is 332 g/mol. The third-order valence-corrected chi connectivity index (χ3v) is 5.49. The molecule has 0 radical (unpaired) electrons. The van der Waals surface area contributed by atoms with E-state index in [1.54, 1.807) is 0 Å². The van der Waals surface area contributed by atoms with Gasteiger partial charge in [0.1, 0.15) is 0 Å². The van der Waals surface area contributed by atoms with Gasteiger partial charge >= 0.3 is 0 Å². The van der Waals surface area contributed by atoms with Crippen molar-refractivity contribution in [2.75, 3.05) is 12.8 Å². The molecule has 2 aromatic heterocycles. The average molecular weight is 355 g/mol. The number of hydrogen-bond donors (Lipinski definition) is 1. The van der Waals surface area contributed by atoms with Gasteiger partial charge < -0.3 is 0 Å². The lowest BCUT2D eigenvalue weighted by Crippen LogP contribution is -2.22. The first-order valence-corrected chi connectivity index (χ1v) is 10.4. The van der Waals surface area contributed by atoms with Crippen LogP contribution in [0.1, 0.15) is 27.6 Å². The van der Waals surface area contributed by atoms with Gasteiger partial charge in [0, 0.05) is 35.9 Å². The van der Waals surface area contributed by atoms with Crippen LogP contribution in [0, 0.1) is 6.92 Å². The molecule has 0 aliphatic carbocycles. The van der Waals surface area contributed by atoms with Crippen molar-refractivity contribution in [3.63, 3.8) is 0 Å². The Morgan fingerprint density at radius 3 is 2.87 bits per heavy atom. The van der Waals surface area contributed by atoms with Gasteiger partial charge in [0.2, 0.25) is 10.0 Å². The van der Waals surface area contributed by atoms with E-state index >= 15 is 0 Å². The molecule has 3 rings (SSSR count). The lowest BCUT2D eigenvalue weighted by molar-refractivity contribution is 0.263. The second-order valence-electron chi connectivity index (χ2n) is 6.02. The SMILES string of the molecule is Cc1ccc(CN2CCCn3nc(CNS(C)(=O)=O)cc3C2)s1. The molecule has 6 nitrogen and oxygen atoms in total. The van der Waals surface area contributed by atoms with Gasteiger partial charge in [-0.25, -0.2) is 13.1 Å². The fourth-order valence-corrected chi connectivity index (χ4v) is 4.15. The number of nitrogens with zero attached hydrogens (tertiary/aromatic N) is 3. The van der Waals surface area contributed by atoms with E-state index in [2.05, 4.69) is 33.8 Å². The molecule has 1 aliphatic heterocycles. The highest BCUT2D eigenvalue weighted by molar-refractivity contribution is 7.88. The zero-order valence-electron chi connectivity index (χ0n) is 13.4. The van der Waals surface area contributed by atoms with E-state index in [0.29, 0.717) is 0 Å². The number of thiophene rings is 1. The van der Waals surface area contributed by atoms with Gasteiger partial charge in [-0.15, -0.1) is 11.3 Å². The van der Waals surface area contributed by atoms with E-state index in [9.17, 15) is 8.42 Å². The maximum Gasteiger partial charge on any atom is 0.209 e. The number of aromatic nitrogens is 2. The predicted octanol–water partition coefficient (Wildman–Crippen LogP) is 1.71. The zero-order valence-corrected chi connectivity index (χ0v) is 15.1. The molecule has 8 heteroatoms. The number of fused-ring (bicyclic) bond motifs is 1. The summed E-state index contributed by atoms with van der Waals surface area (Å²) in [5, 5.41) is 4.53. The summed E-state index contributed by atoms with van der Waals surface area (Å²) in [5.74, 6) is 0. The molecule has 0 spiro atoms. The van der Waals surface area contributed by atoms with E-state index < -0.39 is 10.0 Å². The number of rotatable bonds is 5.